The van der Waals surface area contributed by atoms with Crippen molar-refractivity contribution in [3.05, 3.63) is 95.1 Å². The van der Waals surface area contributed by atoms with E-state index in [0.29, 0.717) is 58.3 Å². The Labute approximate surface area is 258 Å². The lowest BCUT2D eigenvalue weighted by molar-refractivity contribution is -0.138. The smallest absolute Gasteiger partial charge is 0.416 e. The van der Waals surface area contributed by atoms with E-state index in [1.165, 1.54) is 12.3 Å². The fourth-order valence-electron chi connectivity index (χ4n) is 5.37. The van der Waals surface area contributed by atoms with E-state index >= 15 is 0 Å². The van der Waals surface area contributed by atoms with Crippen molar-refractivity contribution in [2.24, 2.45) is 7.05 Å². The lowest BCUT2D eigenvalue weighted by Crippen LogP contribution is -2.44. The molecule has 9 nitrogen and oxygen atoms in total. The van der Waals surface area contributed by atoms with Crippen LogP contribution in [0.15, 0.2) is 71.7 Å². The number of nitrogens with zero attached hydrogens (tertiary/aromatic N) is 5. The molecular weight excluding hydrogens is 585 g/mol. The number of furan rings is 1. The highest BCUT2D eigenvalue weighted by molar-refractivity contribution is 5.94. The number of carbonyl (C=O) groups excluding carboxylic acids is 1. The molecule has 6 rings (SSSR count). The third-order valence-electron chi connectivity index (χ3n) is 8.05. The number of nitrogens with one attached hydrogen (secondary N) is 1. The van der Waals surface area contributed by atoms with Crippen LogP contribution in [0.1, 0.15) is 32.6 Å². The second kappa shape index (κ2) is 12.4. The van der Waals surface area contributed by atoms with Crippen molar-refractivity contribution >= 4 is 16.9 Å². The number of hydrogen-bond donors (Lipinski definition) is 1. The first kappa shape index (κ1) is 30.4. The highest BCUT2D eigenvalue weighted by Gasteiger charge is 2.34. The second-order valence-corrected chi connectivity index (χ2v) is 11.4. The van der Waals surface area contributed by atoms with Crippen molar-refractivity contribution < 1.29 is 27.1 Å². The van der Waals surface area contributed by atoms with Gasteiger partial charge in [-0.25, -0.2) is 4.98 Å². The van der Waals surface area contributed by atoms with Crippen LogP contribution in [0.25, 0.3) is 22.4 Å². The van der Waals surface area contributed by atoms with Crippen LogP contribution in [-0.2, 0) is 26.3 Å². The van der Waals surface area contributed by atoms with E-state index in [0.717, 1.165) is 24.7 Å². The Balaban J connectivity index is 1.19. The molecule has 3 aromatic heterocycles. The molecule has 1 fully saturated rings. The molecule has 2 aromatic carbocycles. The number of piperazine rings is 1. The molecule has 1 amide bonds. The molecule has 1 N–H and O–H groups in total. The van der Waals surface area contributed by atoms with Gasteiger partial charge in [-0.2, -0.15) is 18.2 Å². The zero-order chi connectivity index (χ0) is 31.7. The van der Waals surface area contributed by atoms with E-state index in [9.17, 15) is 18.0 Å². The van der Waals surface area contributed by atoms with Crippen LogP contribution >= 0.6 is 0 Å². The van der Waals surface area contributed by atoms with Gasteiger partial charge in [0.25, 0.3) is 5.91 Å². The summed E-state index contributed by atoms with van der Waals surface area (Å²) in [6.07, 6.45) is 0.426. The first-order chi connectivity index (χ1) is 21.5. The van der Waals surface area contributed by atoms with Crippen LogP contribution in [0, 0.1) is 6.92 Å². The first-order valence-electron chi connectivity index (χ1n) is 14.6. The third kappa shape index (κ3) is 6.71. The van der Waals surface area contributed by atoms with Gasteiger partial charge in [0.15, 0.2) is 5.82 Å². The van der Waals surface area contributed by atoms with Crippen LogP contribution in [0.3, 0.4) is 0 Å². The standard InChI is InChI=1S/C33H33F3N6O3/c1-21-4-6-23(17-28(21)45-32-29-27(8-10-41(29)3)38-30(39-32)25-9-15-44-20-25)31(43)37-18-22-5-7-24(26(16-22)33(34,35)36)19-42-13-11-40(2)12-14-42/h4-10,15-17,20H,11-14,18-19H2,1-3H3,(H,37,43). The maximum atomic E-state index is 14.0. The molecular formula is C33H33F3N6O3. The number of halogens is 3. The van der Waals surface area contributed by atoms with Gasteiger partial charge < -0.3 is 23.9 Å². The molecule has 1 aliphatic rings. The molecule has 0 radical (unpaired) electrons. The maximum Gasteiger partial charge on any atom is 0.416 e. The van der Waals surface area contributed by atoms with Gasteiger partial charge in [0.2, 0.25) is 5.88 Å². The molecule has 0 atom stereocenters. The van der Waals surface area contributed by atoms with Crippen molar-refractivity contribution in [2.45, 2.75) is 26.2 Å². The number of likely N-dealkylation sites (N-methyl/N-ethyl adjacent to an activating group) is 1. The molecule has 0 spiro atoms. The Morgan fingerprint density at radius 1 is 1.02 bits per heavy atom. The number of aryl methyl sites for hydroxylation is 2. The average Bonchev–Trinajstić information content (AvgIpc) is 3.69. The number of benzene rings is 2. The number of rotatable bonds is 8. The Morgan fingerprint density at radius 2 is 1.82 bits per heavy atom. The molecule has 4 heterocycles. The lowest BCUT2D eigenvalue weighted by atomic mass is 10.0. The van der Waals surface area contributed by atoms with Crippen molar-refractivity contribution in [3.63, 3.8) is 0 Å². The van der Waals surface area contributed by atoms with E-state index in [2.05, 4.69) is 20.2 Å². The molecule has 1 aliphatic heterocycles. The molecule has 5 aromatic rings. The van der Waals surface area contributed by atoms with E-state index in [4.69, 9.17) is 9.15 Å². The summed E-state index contributed by atoms with van der Waals surface area (Å²) < 4.78 is 55.4. The van der Waals surface area contributed by atoms with Crippen LogP contribution in [-0.4, -0.2) is 63.5 Å². The molecule has 1 saturated heterocycles. The van der Waals surface area contributed by atoms with Crippen LogP contribution < -0.4 is 10.1 Å². The lowest BCUT2D eigenvalue weighted by Gasteiger charge is -2.33. The summed E-state index contributed by atoms with van der Waals surface area (Å²) in [5.74, 6) is 0.702. The number of alkyl halides is 3. The van der Waals surface area contributed by atoms with Crippen LogP contribution in [0.5, 0.6) is 11.6 Å². The summed E-state index contributed by atoms with van der Waals surface area (Å²) >= 11 is 0. The number of amides is 1. The Hall–Kier alpha value is -4.68. The minimum atomic E-state index is -4.51. The van der Waals surface area contributed by atoms with Crippen molar-refractivity contribution in [1.29, 1.82) is 0 Å². The number of ether oxygens (including phenoxy) is 1. The van der Waals surface area contributed by atoms with Gasteiger partial charge in [0, 0.05) is 58.1 Å². The average molecular weight is 619 g/mol. The molecule has 12 heteroatoms. The number of fused-ring (bicyclic) bond motifs is 1. The Kier molecular flexibility index (Phi) is 8.34. The minimum Gasteiger partial charge on any atom is -0.472 e. The van der Waals surface area contributed by atoms with Gasteiger partial charge in [-0.3, -0.25) is 9.69 Å². The quantitative estimate of drug-likeness (QED) is 0.227. The van der Waals surface area contributed by atoms with Crippen LogP contribution in [0.4, 0.5) is 13.2 Å². The molecule has 0 unspecified atom stereocenters. The molecule has 0 aliphatic carbocycles. The van der Waals surface area contributed by atoms with E-state index in [-0.39, 0.29) is 18.7 Å². The van der Waals surface area contributed by atoms with Gasteiger partial charge in [-0.15, -0.1) is 0 Å². The number of carbonyl (C=O) groups is 1. The van der Waals surface area contributed by atoms with E-state index in [1.807, 2.05) is 42.7 Å². The van der Waals surface area contributed by atoms with Gasteiger partial charge in [0.1, 0.15) is 17.5 Å². The predicted octanol–water partition coefficient (Wildman–Crippen LogP) is 6.03. The largest absolute Gasteiger partial charge is 0.472 e. The highest BCUT2D eigenvalue weighted by Crippen LogP contribution is 2.34. The summed E-state index contributed by atoms with van der Waals surface area (Å²) in [5, 5.41) is 2.75. The number of aromatic nitrogens is 3. The molecule has 0 saturated carbocycles. The molecule has 45 heavy (non-hydrogen) atoms. The second-order valence-electron chi connectivity index (χ2n) is 11.4. The van der Waals surface area contributed by atoms with E-state index in [1.54, 1.807) is 36.6 Å². The predicted molar refractivity (Wildman–Crippen MR) is 163 cm³/mol. The first-order valence-corrected chi connectivity index (χ1v) is 14.6. The minimum absolute atomic E-state index is 0.0648. The van der Waals surface area contributed by atoms with Gasteiger partial charge in [-0.05, 0) is 61.0 Å². The van der Waals surface area contributed by atoms with Crippen LogP contribution in [0.2, 0.25) is 0 Å². The normalized spacial score (nSPS) is 14.6. The SMILES string of the molecule is Cc1ccc(C(=O)NCc2ccc(CN3CCN(C)CC3)c(C(F)(F)F)c2)cc1Oc1nc(-c2ccoc2)nc2ccn(C)c12. The van der Waals surface area contributed by atoms with Crippen molar-refractivity contribution in [3.8, 4) is 23.0 Å². The zero-order valence-corrected chi connectivity index (χ0v) is 25.2. The summed E-state index contributed by atoms with van der Waals surface area (Å²) in [6, 6.07) is 12.9. The summed E-state index contributed by atoms with van der Waals surface area (Å²) in [4.78, 5) is 26.6. The molecule has 0 bridgehead atoms. The topological polar surface area (TPSA) is 88.7 Å². The Morgan fingerprint density at radius 3 is 2.56 bits per heavy atom. The summed E-state index contributed by atoms with van der Waals surface area (Å²) in [6.45, 7) is 5.08. The monoisotopic (exact) mass is 618 g/mol. The van der Waals surface area contributed by atoms with E-state index < -0.39 is 17.6 Å². The number of hydrogen-bond acceptors (Lipinski definition) is 7. The van der Waals surface area contributed by atoms with Gasteiger partial charge in [-0.1, -0.05) is 18.2 Å². The zero-order valence-electron chi connectivity index (χ0n) is 25.2. The van der Waals surface area contributed by atoms with Crippen molar-refractivity contribution in [1.82, 2.24) is 29.7 Å². The maximum absolute atomic E-state index is 14.0. The fourth-order valence-corrected chi connectivity index (χ4v) is 5.37. The summed E-state index contributed by atoms with van der Waals surface area (Å²) in [7, 11) is 3.86. The molecule has 234 valence electrons. The summed E-state index contributed by atoms with van der Waals surface area (Å²) in [5.41, 5.74) is 3.03. The Bertz CT molecular complexity index is 1830. The fraction of sp³-hybridized carbons (Fsp3) is 0.303. The third-order valence-corrected chi connectivity index (χ3v) is 8.05. The van der Waals surface area contributed by atoms with Gasteiger partial charge in [0.05, 0.1) is 22.9 Å². The van der Waals surface area contributed by atoms with Gasteiger partial charge >= 0.3 is 6.18 Å². The highest BCUT2D eigenvalue weighted by atomic mass is 19.4. The van der Waals surface area contributed by atoms with Crippen molar-refractivity contribution in [2.75, 3.05) is 33.2 Å².